The zero-order chi connectivity index (χ0) is 23.0. The van der Waals surface area contributed by atoms with Gasteiger partial charge in [0.25, 0.3) is 0 Å². The second-order valence-electron chi connectivity index (χ2n) is 8.31. The van der Waals surface area contributed by atoms with E-state index < -0.39 is 6.09 Å². The van der Waals surface area contributed by atoms with Crippen LogP contribution in [0.2, 0.25) is 0 Å². The Morgan fingerprint density at radius 3 is 2.69 bits per heavy atom. The number of anilines is 2. The normalized spacial score (nSPS) is 20.1. The largest absolute Gasteiger partial charge is 0.446 e. The number of nitrogens with zero attached hydrogens (tertiary/aromatic N) is 5. The van der Waals surface area contributed by atoms with Crippen LogP contribution >= 0.6 is 0 Å². The quantitative estimate of drug-likeness (QED) is 0.785. The Labute approximate surface area is 186 Å². The highest BCUT2D eigenvalue weighted by Gasteiger charge is 2.35. The number of carbonyl (C=O) groups is 2. The van der Waals surface area contributed by atoms with Gasteiger partial charge in [-0.05, 0) is 45.4 Å². The minimum atomic E-state index is -0.427. The molecule has 2 aromatic rings. The van der Waals surface area contributed by atoms with Gasteiger partial charge in [-0.25, -0.2) is 20.1 Å². The van der Waals surface area contributed by atoms with Gasteiger partial charge in [0.2, 0.25) is 5.91 Å². The summed E-state index contributed by atoms with van der Waals surface area (Å²) in [6.07, 6.45) is 2.77. The number of hydrogen-bond acceptors (Lipinski definition) is 7. The number of hydrogen-bond donors (Lipinski definition) is 1. The molecule has 0 fully saturated rings. The van der Waals surface area contributed by atoms with E-state index in [2.05, 4.69) is 15.6 Å². The molecular formula is C22H28N6O4. The molecule has 0 saturated heterocycles. The Balaban J connectivity index is 1.67. The van der Waals surface area contributed by atoms with Crippen molar-refractivity contribution in [2.45, 2.75) is 59.5 Å². The van der Waals surface area contributed by atoms with E-state index in [1.165, 1.54) is 6.92 Å². The van der Waals surface area contributed by atoms with Gasteiger partial charge in [0, 0.05) is 25.2 Å². The molecule has 2 atom stereocenters. The van der Waals surface area contributed by atoms with Crippen LogP contribution in [0.4, 0.5) is 16.2 Å². The zero-order valence-corrected chi connectivity index (χ0v) is 18.9. The Bertz CT molecular complexity index is 1060. The van der Waals surface area contributed by atoms with Crippen molar-refractivity contribution in [3.8, 4) is 11.1 Å². The van der Waals surface area contributed by atoms with E-state index in [4.69, 9.17) is 9.57 Å². The number of amides is 2. The minimum absolute atomic E-state index is 0.0718. The first kappa shape index (κ1) is 21.8. The summed E-state index contributed by atoms with van der Waals surface area (Å²) in [7, 11) is 0. The standard InChI is InChI=1S/C22H28N6O4/c1-13(2)31-22(30)27-10-14(3)28(16(5)29)19-7-6-17(8-20(19)27)18-9-23-26(11-18)12-21-24-15(4)32-25-21/h6-9,11,13-15H,10,12H2,1-5H3,(H,24,25)/t14-,15?/m0/s1. The van der Waals surface area contributed by atoms with Gasteiger partial charge in [-0.2, -0.15) is 5.10 Å². The molecule has 1 N–H and O–H groups in total. The van der Waals surface area contributed by atoms with E-state index in [-0.39, 0.29) is 24.3 Å². The predicted molar refractivity (Wildman–Crippen MR) is 120 cm³/mol. The van der Waals surface area contributed by atoms with Crippen LogP contribution < -0.4 is 15.3 Å². The second-order valence-corrected chi connectivity index (χ2v) is 8.31. The van der Waals surface area contributed by atoms with Crippen LogP contribution in [0.1, 0.15) is 34.6 Å². The molecular weight excluding hydrogens is 412 g/mol. The first-order valence-electron chi connectivity index (χ1n) is 10.7. The Kier molecular flexibility index (Phi) is 5.88. The number of fused-ring (bicyclic) bond motifs is 1. The molecule has 0 bridgehead atoms. The number of aliphatic imine (C=N–C) groups is 1. The summed E-state index contributed by atoms with van der Waals surface area (Å²) in [6, 6.07) is 5.53. The molecule has 0 spiro atoms. The van der Waals surface area contributed by atoms with E-state index >= 15 is 0 Å². The van der Waals surface area contributed by atoms with E-state index in [1.807, 2.05) is 52.1 Å². The molecule has 10 heteroatoms. The van der Waals surface area contributed by atoms with Gasteiger partial charge in [0.15, 0.2) is 6.23 Å². The number of amidine groups is 1. The topological polar surface area (TPSA) is 101 Å². The SMILES string of the molecule is CC(=O)N1c2ccc(-c3cnn(CC4=NC(C)ON4)c3)cc2N(C(=O)OC(C)C)C[C@@H]1C. The molecule has 0 saturated carbocycles. The van der Waals surface area contributed by atoms with Gasteiger partial charge in [-0.15, -0.1) is 0 Å². The Morgan fingerprint density at radius 2 is 2.03 bits per heavy atom. The number of ether oxygens (including phenoxy) is 1. The highest BCUT2D eigenvalue weighted by molar-refractivity contribution is 6.03. The van der Waals surface area contributed by atoms with Crippen molar-refractivity contribution in [2.24, 2.45) is 4.99 Å². The van der Waals surface area contributed by atoms with E-state index in [1.54, 1.807) is 20.7 Å². The van der Waals surface area contributed by atoms with Crippen LogP contribution in [0.3, 0.4) is 0 Å². The van der Waals surface area contributed by atoms with Gasteiger partial charge >= 0.3 is 6.09 Å². The van der Waals surface area contributed by atoms with Crippen molar-refractivity contribution in [1.82, 2.24) is 15.3 Å². The molecule has 2 aliphatic heterocycles. The molecule has 1 aromatic carbocycles. The number of hydroxylamine groups is 1. The van der Waals surface area contributed by atoms with Crippen LogP contribution in [-0.4, -0.2) is 52.5 Å². The van der Waals surface area contributed by atoms with E-state index in [9.17, 15) is 9.59 Å². The Hall–Kier alpha value is -3.40. The monoisotopic (exact) mass is 440 g/mol. The maximum Gasteiger partial charge on any atom is 0.414 e. The molecule has 1 aromatic heterocycles. The van der Waals surface area contributed by atoms with Crippen molar-refractivity contribution in [1.29, 1.82) is 0 Å². The van der Waals surface area contributed by atoms with E-state index in [0.29, 0.717) is 30.3 Å². The van der Waals surface area contributed by atoms with Gasteiger partial charge in [-0.3, -0.25) is 14.4 Å². The average Bonchev–Trinajstić information content (AvgIpc) is 3.35. The molecule has 1 unspecified atom stereocenters. The molecule has 0 aliphatic carbocycles. The Morgan fingerprint density at radius 1 is 1.25 bits per heavy atom. The number of rotatable bonds is 4. The molecule has 0 radical (unpaired) electrons. The summed E-state index contributed by atoms with van der Waals surface area (Å²) in [6.45, 7) is 9.74. The summed E-state index contributed by atoms with van der Waals surface area (Å²) in [5, 5.41) is 4.41. The van der Waals surface area contributed by atoms with Crippen LogP contribution in [-0.2, 0) is 20.9 Å². The zero-order valence-electron chi connectivity index (χ0n) is 18.9. The van der Waals surface area contributed by atoms with Crippen molar-refractivity contribution in [2.75, 3.05) is 16.3 Å². The van der Waals surface area contributed by atoms with Crippen molar-refractivity contribution < 1.29 is 19.2 Å². The maximum absolute atomic E-state index is 12.8. The fourth-order valence-electron chi connectivity index (χ4n) is 3.97. The number of nitrogens with one attached hydrogen (secondary N) is 1. The van der Waals surface area contributed by atoms with Crippen molar-refractivity contribution >= 4 is 29.2 Å². The van der Waals surface area contributed by atoms with E-state index in [0.717, 1.165) is 11.1 Å². The van der Waals surface area contributed by atoms with Crippen LogP contribution in [0.25, 0.3) is 11.1 Å². The summed E-state index contributed by atoms with van der Waals surface area (Å²) >= 11 is 0. The fraction of sp³-hybridized carbons (Fsp3) is 0.455. The average molecular weight is 441 g/mol. The first-order chi connectivity index (χ1) is 15.2. The van der Waals surface area contributed by atoms with Gasteiger partial charge < -0.3 is 9.64 Å². The van der Waals surface area contributed by atoms with Gasteiger partial charge in [-0.1, -0.05) is 6.07 Å². The first-order valence-corrected chi connectivity index (χ1v) is 10.7. The predicted octanol–water partition coefficient (Wildman–Crippen LogP) is 2.94. The minimum Gasteiger partial charge on any atom is -0.446 e. The van der Waals surface area contributed by atoms with Crippen molar-refractivity contribution in [3.63, 3.8) is 0 Å². The summed E-state index contributed by atoms with van der Waals surface area (Å²) < 4.78 is 7.22. The highest BCUT2D eigenvalue weighted by Crippen LogP contribution is 2.39. The number of aromatic nitrogens is 2. The van der Waals surface area contributed by atoms with Crippen LogP contribution in [0, 0.1) is 0 Å². The molecule has 4 rings (SSSR count). The smallest absolute Gasteiger partial charge is 0.414 e. The molecule has 2 aliphatic rings. The molecule has 3 heterocycles. The van der Waals surface area contributed by atoms with Gasteiger partial charge in [0.1, 0.15) is 12.4 Å². The lowest BCUT2D eigenvalue weighted by Crippen LogP contribution is -2.51. The van der Waals surface area contributed by atoms with Crippen molar-refractivity contribution in [3.05, 3.63) is 30.6 Å². The highest BCUT2D eigenvalue weighted by atomic mass is 16.7. The third-order valence-electron chi connectivity index (χ3n) is 5.27. The van der Waals surface area contributed by atoms with Gasteiger partial charge in [0.05, 0.1) is 29.7 Å². The summed E-state index contributed by atoms with van der Waals surface area (Å²) in [5.41, 5.74) is 5.87. The second kappa shape index (κ2) is 8.62. The lowest BCUT2D eigenvalue weighted by Gasteiger charge is -2.40. The number of carbonyl (C=O) groups excluding carboxylic acids is 2. The molecule has 32 heavy (non-hydrogen) atoms. The lowest BCUT2D eigenvalue weighted by atomic mass is 10.0. The maximum atomic E-state index is 12.8. The lowest BCUT2D eigenvalue weighted by molar-refractivity contribution is -0.117. The molecule has 2 amide bonds. The molecule has 10 nitrogen and oxygen atoms in total. The van der Waals surface area contributed by atoms with Crippen LogP contribution in [0.15, 0.2) is 35.6 Å². The summed E-state index contributed by atoms with van der Waals surface area (Å²) in [4.78, 5) is 38.0. The fourth-order valence-corrected chi connectivity index (χ4v) is 3.97. The molecule has 170 valence electrons. The third-order valence-corrected chi connectivity index (χ3v) is 5.27. The van der Waals surface area contributed by atoms with Crippen LogP contribution in [0.5, 0.6) is 0 Å². The third kappa shape index (κ3) is 4.31. The number of benzene rings is 1. The summed E-state index contributed by atoms with van der Waals surface area (Å²) in [5.74, 6) is 0.628.